The van der Waals surface area contributed by atoms with Crippen molar-refractivity contribution in [1.29, 1.82) is 0 Å². The van der Waals surface area contributed by atoms with Gasteiger partial charge in [0.05, 0.1) is 35.3 Å². The number of aromatic hydroxyl groups is 1. The zero-order chi connectivity index (χ0) is 43.6. The van der Waals surface area contributed by atoms with Crippen molar-refractivity contribution in [3.8, 4) is 11.5 Å². The second kappa shape index (κ2) is 13.8. The van der Waals surface area contributed by atoms with Crippen molar-refractivity contribution in [2.24, 2.45) is 34.0 Å². The number of carboxylic acids is 1. The van der Waals surface area contributed by atoms with Crippen LogP contribution in [0.3, 0.4) is 0 Å². The summed E-state index contributed by atoms with van der Waals surface area (Å²) >= 11 is 0. The van der Waals surface area contributed by atoms with Gasteiger partial charge in [0.25, 0.3) is 0 Å². The summed E-state index contributed by atoms with van der Waals surface area (Å²) in [7, 11) is 0. The summed E-state index contributed by atoms with van der Waals surface area (Å²) in [5.41, 5.74) is 9.69. The highest BCUT2D eigenvalue weighted by Gasteiger charge is 2.76. The van der Waals surface area contributed by atoms with Gasteiger partial charge in [-0.1, -0.05) is 25.0 Å². The van der Waals surface area contributed by atoms with Crippen molar-refractivity contribution in [2.45, 2.75) is 151 Å². The largest absolute Gasteiger partial charge is 0.506 e. The van der Waals surface area contributed by atoms with Crippen molar-refractivity contribution >= 4 is 22.5 Å². The van der Waals surface area contributed by atoms with Crippen LogP contribution in [0, 0.1) is 40.9 Å². The third-order valence-corrected chi connectivity index (χ3v) is 18.5. The number of Topliss-reactive ketones (excluding diaryl/α,β-unsaturated/α-hetero) is 1. The molecule has 5 aliphatic heterocycles. The number of ketones is 1. The molecule has 14 atom stereocenters. The molecule has 5 aliphatic carbocycles. The summed E-state index contributed by atoms with van der Waals surface area (Å²) in [5.74, 6) is -2.15. The van der Waals surface area contributed by atoms with Crippen LogP contribution in [0.15, 0.2) is 41.0 Å². The standard InChI is InChI=1S/C49H60N2O12/c1-23-13-25-14-26(43(58)59)15-33(36(25)38(55)35(23)24(2)53)61-44-39(56)41(57)49-17-30-37-28(32(63-49)8-7-31(54)42(49)62-44)5-6-29(37)47(11-12-52)22-60-19-27-16-46-20-45(9-3-4-10-45)18-34(46)50-51-48(30,21-46)40(27)47/h6,13-15,27,30-32,34,39-42,44,50-52,54-57H,3-5,7-12,16-22H2,1-2H3,(H,58,59). The van der Waals surface area contributed by atoms with Crippen LogP contribution in [-0.2, 0) is 14.2 Å². The Morgan fingerprint density at radius 3 is 2.60 bits per heavy atom. The SMILES string of the molecule is CC(=O)c1c(C)cc2cc(C(=O)O)cc(OC3OC4C(O)CCC5OC4(CC4C6=C5CC=C6C5(CCO)COCC6CC78CC9(CCCC9)CC7NNC4(C8)C65)C(O)C3O)c2c1O. The predicted octanol–water partition coefficient (Wildman–Crippen LogP) is 4.50. The van der Waals surface area contributed by atoms with Crippen molar-refractivity contribution in [3.63, 3.8) is 0 Å². The highest BCUT2D eigenvalue weighted by atomic mass is 16.7. The van der Waals surface area contributed by atoms with Crippen LogP contribution in [0.4, 0.5) is 0 Å². The van der Waals surface area contributed by atoms with E-state index in [1.54, 1.807) is 13.0 Å². The van der Waals surface area contributed by atoms with E-state index >= 15 is 0 Å². The molecule has 0 amide bonds. The number of phenolic OH excluding ortho intramolecular Hbond substituents is 1. The Morgan fingerprint density at radius 2 is 1.84 bits per heavy atom. The molecular weight excluding hydrogens is 809 g/mol. The average molecular weight is 869 g/mol. The van der Waals surface area contributed by atoms with Crippen molar-refractivity contribution in [1.82, 2.24) is 10.9 Å². The lowest BCUT2D eigenvalue weighted by Gasteiger charge is -2.71. The Bertz CT molecular complexity index is 2390. The van der Waals surface area contributed by atoms with Crippen LogP contribution in [0.5, 0.6) is 11.5 Å². The van der Waals surface area contributed by atoms with Gasteiger partial charge >= 0.3 is 5.97 Å². The molecule has 5 heterocycles. The first-order chi connectivity index (χ1) is 30.2. The van der Waals surface area contributed by atoms with E-state index in [0.717, 1.165) is 31.3 Å². The summed E-state index contributed by atoms with van der Waals surface area (Å²) < 4.78 is 27.1. The maximum Gasteiger partial charge on any atom is 0.335 e. The first kappa shape index (κ1) is 41.0. The highest BCUT2D eigenvalue weighted by molar-refractivity contribution is 6.08. The van der Waals surface area contributed by atoms with E-state index < -0.39 is 70.9 Å². The monoisotopic (exact) mass is 868 g/mol. The zero-order valence-electron chi connectivity index (χ0n) is 36.0. The Balaban J connectivity index is 0.979. The first-order valence-corrected chi connectivity index (χ1v) is 23.4. The second-order valence-electron chi connectivity index (χ2n) is 21.6. The van der Waals surface area contributed by atoms with Crippen molar-refractivity contribution in [2.75, 3.05) is 19.8 Å². The molecule has 14 heteroatoms. The van der Waals surface area contributed by atoms with Crippen LogP contribution in [0.1, 0.15) is 117 Å². The minimum Gasteiger partial charge on any atom is -0.506 e. The average Bonchev–Trinajstić information content (AvgIpc) is 3.92. The first-order valence-electron chi connectivity index (χ1n) is 23.4. The predicted molar refractivity (Wildman–Crippen MR) is 226 cm³/mol. The van der Waals surface area contributed by atoms with Gasteiger partial charge in [0.1, 0.15) is 35.4 Å². The third-order valence-electron chi connectivity index (χ3n) is 18.5. The van der Waals surface area contributed by atoms with Crippen LogP contribution in [0.2, 0.25) is 0 Å². The summed E-state index contributed by atoms with van der Waals surface area (Å²) in [6.07, 6.45) is 5.95. The fourth-order valence-corrected chi connectivity index (χ4v) is 16.7. The van der Waals surface area contributed by atoms with Gasteiger partial charge in [0, 0.05) is 36.1 Å². The number of carboxylic acid groups (broad SMARTS) is 1. The van der Waals surface area contributed by atoms with Gasteiger partial charge in [-0.3, -0.25) is 15.6 Å². The molecule has 12 rings (SSSR count). The Labute approximate surface area is 366 Å². The lowest BCUT2D eigenvalue weighted by molar-refractivity contribution is -0.337. The minimum absolute atomic E-state index is 0.0123. The van der Waals surface area contributed by atoms with Gasteiger partial charge < -0.3 is 49.6 Å². The topological polar surface area (TPSA) is 216 Å². The van der Waals surface area contributed by atoms with Gasteiger partial charge in [-0.25, -0.2) is 4.79 Å². The number of rotatable bonds is 6. The summed E-state index contributed by atoms with van der Waals surface area (Å²) in [6, 6.07) is 4.48. The lowest BCUT2D eigenvalue weighted by Crippen LogP contribution is -2.81. The second-order valence-corrected chi connectivity index (χ2v) is 21.6. The molecule has 4 spiro atoms. The summed E-state index contributed by atoms with van der Waals surface area (Å²) in [6.45, 7) is 4.15. The molecule has 2 aromatic carbocycles. The Morgan fingerprint density at radius 1 is 1.03 bits per heavy atom. The van der Waals surface area contributed by atoms with E-state index in [0.29, 0.717) is 54.9 Å². The Kier molecular flexibility index (Phi) is 8.99. The van der Waals surface area contributed by atoms with E-state index in [4.69, 9.17) is 18.9 Å². The van der Waals surface area contributed by atoms with Gasteiger partial charge in [0.2, 0.25) is 6.29 Å². The zero-order valence-corrected chi connectivity index (χ0v) is 36.0. The van der Waals surface area contributed by atoms with E-state index in [9.17, 15) is 40.2 Å². The number of hydrogen-bond acceptors (Lipinski definition) is 13. The number of hydrazine groups is 1. The molecule has 10 aliphatic rings. The summed E-state index contributed by atoms with van der Waals surface area (Å²) in [5, 5.41) is 70.3. The molecule has 0 aromatic heterocycles. The van der Waals surface area contributed by atoms with Crippen molar-refractivity contribution in [3.05, 3.63) is 57.7 Å². The molecule has 4 saturated carbocycles. The maximum atomic E-state index is 12.9. The number of nitrogens with one attached hydrogen (secondary N) is 2. The molecule has 4 saturated heterocycles. The normalized spacial score (nSPS) is 43.9. The maximum absolute atomic E-state index is 12.9. The van der Waals surface area contributed by atoms with Crippen LogP contribution >= 0.6 is 0 Å². The number of aliphatic hydroxyl groups excluding tert-OH is 4. The number of carbonyl (C=O) groups excluding carboxylic acids is 1. The number of hydrogen-bond donors (Lipinski definition) is 8. The van der Waals surface area contributed by atoms with E-state index in [1.165, 1.54) is 55.9 Å². The van der Waals surface area contributed by atoms with Gasteiger partial charge in [0.15, 0.2) is 5.78 Å². The van der Waals surface area contributed by atoms with Gasteiger partial charge in [-0.2, -0.15) is 0 Å². The fraction of sp³-hybridized carbons (Fsp3) is 0.673. The van der Waals surface area contributed by atoms with Gasteiger partial charge in [-0.15, -0.1) is 0 Å². The molecule has 8 fully saturated rings. The Hall–Kier alpha value is -3.44. The number of aromatic carboxylic acids is 1. The molecule has 338 valence electrons. The van der Waals surface area contributed by atoms with Gasteiger partial charge in [-0.05, 0) is 147 Å². The van der Waals surface area contributed by atoms with E-state index in [2.05, 4.69) is 16.9 Å². The molecule has 4 bridgehead atoms. The van der Waals surface area contributed by atoms with E-state index in [1.807, 2.05) is 0 Å². The van der Waals surface area contributed by atoms with Crippen molar-refractivity contribution < 1.29 is 59.2 Å². The lowest BCUT2D eigenvalue weighted by atomic mass is 9.39. The molecule has 14 nitrogen and oxygen atoms in total. The number of aliphatic hydroxyl groups is 4. The third kappa shape index (κ3) is 5.38. The number of aryl methyl sites for hydroxylation is 1. The summed E-state index contributed by atoms with van der Waals surface area (Å²) in [4.78, 5) is 25.1. The highest BCUT2D eigenvalue weighted by Crippen LogP contribution is 2.75. The fourth-order valence-electron chi connectivity index (χ4n) is 16.7. The molecular formula is C49H60N2O12. The number of ether oxygens (including phenoxy) is 4. The number of phenols is 1. The smallest absolute Gasteiger partial charge is 0.335 e. The van der Waals surface area contributed by atoms with Crippen LogP contribution in [-0.4, -0.2) is 116 Å². The van der Waals surface area contributed by atoms with Crippen LogP contribution in [0.25, 0.3) is 10.8 Å². The molecule has 14 unspecified atom stereocenters. The quantitative estimate of drug-likeness (QED) is 0.188. The molecule has 2 aromatic rings. The van der Waals surface area contributed by atoms with E-state index in [-0.39, 0.29) is 64.9 Å². The number of fused-ring (bicyclic) bond motifs is 4. The van der Waals surface area contributed by atoms with Crippen LogP contribution < -0.4 is 15.6 Å². The number of benzene rings is 2. The number of carbonyl (C=O) groups is 2. The molecule has 63 heavy (non-hydrogen) atoms. The minimum atomic E-state index is -1.75. The molecule has 8 N–H and O–H groups in total. The number of allylic oxidation sites excluding steroid dienone is 1. The molecule has 0 radical (unpaired) electrons.